The van der Waals surface area contributed by atoms with E-state index in [-0.39, 0.29) is 18.9 Å². The van der Waals surface area contributed by atoms with Gasteiger partial charge in [-0.1, -0.05) is 17.7 Å². The number of benzene rings is 2. The Morgan fingerprint density at radius 1 is 1.15 bits per heavy atom. The lowest BCUT2D eigenvalue weighted by Crippen LogP contribution is -2.27. The van der Waals surface area contributed by atoms with Crippen molar-refractivity contribution in [3.63, 3.8) is 0 Å². The molecule has 0 aliphatic carbocycles. The summed E-state index contributed by atoms with van der Waals surface area (Å²) in [6.45, 7) is 2.11. The van der Waals surface area contributed by atoms with Crippen LogP contribution in [0.1, 0.15) is 22.3 Å². The summed E-state index contributed by atoms with van der Waals surface area (Å²) in [7, 11) is 1.29. The first-order chi connectivity index (χ1) is 12.9. The molecule has 0 saturated carbocycles. The highest BCUT2D eigenvalue weighted by Crippen LogP contribution is 2.29. The highest BCUT2D eigenvalue weighted by atomic mass is 35.5. The van der Waals surface area contributed by atoms with E-state index < -0.39 is 17.9 Å². The standard InChI is InChI=1S/C20H18ClNO5/c1-12-3-6-15(10-17(12)21)22-11-14(9-18(22)23)20(25)27-16-7-4-13(5-8-16)19(24)26-2/h3-8,10,14H,9,11H2,1-2H3/t14-/m0/s1. The Bertz CT molecular complexity index is 894. The van der Waals surface area contributed by atoms with Crippen molar-refractivity contribution >= 4 is 35.1 Å². The number of halogens is 1. The highest BCUT2D eigenvalue weighted by molar-refractivity contribution is 6.31. The highest BCUT2D eigenvalue weighted by Gasteiger charge is 2.36. The zero-order valence-electron chi connectivity index (χ0n) is 14.9. The molecule has 0 radical (unpaired) electrons. The fourth-order valence-corrected chi connectivity index (χ4v) is 3.02. The van der Waals surface area contributed by atoms with Gasteiger partial charge in [-0.15, -0.1) is 0 Å². The minimum absolute atomic E-state index is 0.0740. The van der Waals surface area contributed by atoms with E-state index in [0.29, 0.717) is 22.0 Å². The van der Waals surface area contributed by atoms with Crippen LogP contribution in [-0.4, -0.2) is 31.5 Å². The molecule has 1 amide bonds. The smallest absolute Gasteiger partial charge is 0.337 e. The third-order valence-corrected chi connectivity index (χ3v) is 4.83. The lowest BCUT2D eigenvalue weighted by atomic mass is 10.1. The van der Waals surface area contributed by atoms with Crippen molar-refractivity contribution in [3.8, 4) is 5.75 Å². The average molecular weight is 388 g/mol. The predicted molar refractivity (Wildman–Crippen MR) is 100 cm³/mol. The van der Waals surface area contributed by atoms with Crippen molar-refractivity contribution in [1.29, 1.82) is 0 Å². The van der Waals surface area contributed by atoms with Gasteiger partial charge >= 0.3 is 11.9 Å². The molecule has 0 aromatic heterocycles. The molecule has 1 atom stereocenters. The molecule has 7 heteroatoms. The summed E-state index contributed by atoms with van der Waals surface area (Å²) in [6.07, 6.45) is 0.0740. The van der Waals surface area contributed by atoms with E-state index in [0.717, 1.165) is 5.56 Å². The van der Waals surface area contributed by atoms with Gasteiger partial charge in [0.2, 0.25) is 5.91 Å². The quantitative estimate of drug-likeness (QED) is 0.594. The Morgan fingerprint density at radius 2 is 1.85 bits per heavy atom. The maximum atomic E-state index is 12.4. The van der Waals surface area contributed by atoms with Gasteiger partial charge in [-0.25, -0.2) is 4.79 Å². The molecule has 0 unspecified atom stereocenters. The van der Waals surface area contributed by atoms with Crippen LogP contribution >= 0.6 is 11.6 Å². The largest absolute Gasteiger partial charge is 0.465 e. The SMILES string of the molecule is COC(=O)c1ccc(OC(=O)[C@H]2CC(=O)N(c3ccc(C)c(Cl)c3)C2)cc1. The zero-order chi connectivity index (χ0) is 19.6. The van der Waals surface area contributed by atoms with E-state index in [1.165, 1.54) is 36.3 Å². The Hall–Kier alpha value is -2.86. The van der Waals surface area contributed by atoms with Crippen molar-refractivity contribution in [3.05, 3.63) is 58.6 Å². The molecule has 140 valence electrons. The summed E-state index contributed by atoms with van der Waals surface area (Å²) in [5.74, 6) is -1.38. The van der Waals surface area contributed by atoms with Crippen molar-refractivity contribution in [2.24, 2.45) is 5.92 Å². The van der Waals surface area contributed by atoms with E-state index in [1.54, 1.807) is 12.1 Å². The summed E-state index contributed by atoms with van der Waals surface area (Å²) in [4.78, 5) is 37.7. The zero-order valence-corrected chi connectivity index (χ0v) is 15.7. The van der Waals surface area contributed by atoms with Crippen LogP contribution in [0, 0.1) is 12.8 Å². The van der Waals surface area contributed by atoms with Crippen LogP contribution < -0.4 is 9.64 Å². The van der Waals surface area contributed by atoms with E-state index in [2.05, 4.69) is 4.74 Å². The maximum absolute atomic E-state index is 12.4. The summed E-state index contributed by atoms with van der Waals surface area (Å²) in [5.41, 5.74) is 1.93. The third-order valence-electron chi connectivity index (χ3n) is 4.42. The molecule has 1 aliphatic rings. The number of hydrogen-bond acceptors (Lipinski definition) is 5. The van der Waals surface area contributed by atoms with E-state index in [4.69, 9.17) is 16.3 Å². The van der Waals surface area contributed by atoms with Gasteiger partial charge in [0.05, 0.1) is 18.6 Å². The van der Waals surface area contributed by atoms with Crippen LogP contribution in [0.2, 0.25) is 5.02 Å². The minimum atomic E-state index is -0.571. The number of carbonyl (C=O) groups is 3. The average Bonchev–Trinajstić information content (AvgIpc) is 3.06. The number of rotatable bonds is 4. The van der Waals surface area contributed by atoms with Gasteiger partial charge < -0.3 is 14.4 Å². The summed E-state index contributed by atoms with van der Waals surface area (Å²) < 4.78 is 9.97. The van der Waals surface area contributed by atoms with E-state index >= 15 is 0 Å². The Kier molecular flexibility index (Phi) is 5.46. The number of esters is 2. The molecule has 1 fully saturated rings. The molecule has 1 aliphatic heterocycles. The lowest BCUT2D eigenvalue weighted by Gasteiger charge is -2.17. The summed E-state index contributed by atoms with van der Waals surface area (Å²) in [5, 5.41) is 0.567. The van der Waals surface area contributed by atoms with Gasteiger partial charge in [-0.05, 0) is 48.9 Å². The van der Waals surface area contributed by atoms with E-state index in [9.17, 15) is 14.4 Å². The third kappa shape index (κ3) is 4.11. The van der Waals surface area contributed by atoms with Crippen LogP contribution in [0.15, 0.2) is 42.5 Å². The van der Waals surface area contributed by atoms with Crippen LogP contribution in [0.4, 0.5) is 5.69 Å². The van der Waals surface area contributed by atoms with Crippen molar-refractivity contribution < 1.29 is 23.9 Å². The summed E-state index contributed by atoms with van der Waals surface area (Å²) >= 11 is 6.13. The molecular weight excluding hydrogens is 370 g/mol. The number of hydrogen-bond donors (Lipinski definition) is 0. The van der Waals surface area contributed by atoms with Crippen molar-refractivity contribution in [2.75, 3.05) is 18.6 Å². The second-order valence-electron chi connectivity index (χ2n) is 6.28. The first-order valence-electron chi connectivity index (χ1n) is 8.35. The lowest BCUT2D eigenvalue weighted by molar-refractivity contribution is -0.139. The van der Waals surface area contributed by atoms with Crippen molar-refractivity contribution in [1.82, 2.24) is 0 Å². The second-order valence-corrected chi connectivity index (χ2v) is 6.68. The number of ether oxygens (including phenoxy) is 2. The topological polar surface area (TPSA) is 72.9 Å². The molecule has 3 rings (SSSR count). The van der Waals surface area contributed by atoms with Gasteiger partial charge in [-0.2, -0.15) is 0 Å². The number of aryl methyl sites for hydroxylation is 1. The normalized spacial score (nSPS) is 16.3. The molecule has 2 aromatic carbocycles. The Labute approximate surface area is 161 Å². The fraction of sp³-hybridized carbons (Fsp3) is 0.250. The van der Waals surface area contributed by atoms with Crippen LogP contribution in [0.25, 0.3) is 0 Å². The molecule has 0 N–H and O–H groups in total. The molecule has 6 nitrogen and oxygen atoms in total. The molecule has 27 heavy (non-hydrogen) atoms. The van der Waals surface area contributed by atoms with Crippen LogP contribution in [-0.2, 0) is 14.3 Å². The summed E-state index contributed by atoms with van der Waals surface area (Å²) in [6, 6.07) is 11.4. The Balaban J connectivity index is 1.66. The number of nitrogens with zero attached hydrogens (tertiary/aromatic N) is 1. The molecule has 0 bridgehead atoms. The van der Waals surface area contributed by atoms with Crippen LogP contribution in [0.5, 0.6) is 5.75 Å². The maximum Gasteiger partial charge on any atom is 0.337 e. The number of amides is 1. The van der Waals surface area contributed by atoms with Gasteiger partial charge in [0.1, 0.15) is 5.75 Å². The monoisotopic (exact) mass is 387 g/mol. The van der Waals surface area contributed by atoms with Gasteiger partial charge in [0, 0.05) is 23.7 Å². The van der Waals surface area contributed by atoms with Crippen molar-refractivity contribution in [2.45, 2.75) is 13.3 Å². The van der Waals surface area contributed by atoms with Crippen LogP contribution in [0.3, 0.4) is 0 Å². The minimum Gasteiger partial charge on any atom is -0.465 e. The Morgan fingerprint density at radius 3 is 2.48 bits per heavy atom. The fourth-order valence-electron chi connectivity index (χ4n) is 2.84. The van der Waals surface area contributed by atoms with Gasteiger partial charge in [0.15, 0.2) is 0 Å². The van der Waals surface area contributed by atoms with Gasteiger partial charge in [0.25, 0.3) is 0 Å². The molecule has 1 heterocycles. The molecule has 2 aromatic rings. The molecule has 1 saturated heterocycles. The first kappa shape index (κ1) is 18.9. The number of methoxy groups -OCH3 is 1. The second kappa shape index (κ2) is 7.80. The number of anilines is 1. The van der Waals surface area contributed by atoms with Gasteiger partial charge in [-0.3, -0.25) is 9.59 Å². The first-order valence-corrected chi connectivity index (χ1v) is 8.73. The number of carbonyl (C=O) groups excluding carboxylic acids is 3. The molecule has 0 spiro atoms. The predicted octanol–water partition coefficient (Wildman–Crippen LogP) is 3.39. The molecular formula is C20H18ClNO5. The van der Waals surface area contributed by atoms with E-state index in [1.807, 2.05) is 13.0 Å².